The molecule has 8 heteroatoms. The molecule has 0 saturated carbocycles. The van der Waals surface area contributed by atoms with Crippen molar-refractivity contribution in [2.24, 2.45) is 0 Å². The third kappa shape index (κ3) is 2.24. The SMILES string of the molecule is CC(=Cc1c(F)c(F)c(F)c(F)c1F)[N+](=O)[O-]. The van der Waals surface area contributed by atoms with Gasteiger partial charge >= 0.3 is 0 Å². The predicted octanol–water partition coefficient (Wildman–Crippen LogP) is 3.02. The van der Waals surface area contributed by atoms with Crippen LogP contribution in [0.2, 0.25) is 0 Å². The van der Waals surface area contributed by atoms with Crippen molar-refractivity contribution in [3.63, 3.8) is 0 Å². The first-order valence-corrected chi connectivity index (χ1v) is 4.11. The second-order valence-electron chi connectivity index (χ2n) is 3.03. The zero-order chi connectivity index (χ0) is 13.3. The lowest BCUT2D eigenvalue weighted by Crippen LogP contribution is -2.05. The highest BCUT2D eigenvalue weighted by Gasteiger charge is 2.25. The van der Waals surface area contributed by atoms with E-state index in [4.69, 9.17) is 0 Å². The number of rotatable bonds is 2. The zero-order valence-corrected chi connectivity index (χ0v) is 8.23. The van der Waals surface area contributed by atoms with E-state index in [0.717, 1.165) is 6.92 Å². The highest BCUT2D eigenvalue weighted by molar-refractivity contribution is 5.52. The van der Waals surface area contributed by atoms with Crippen LogP contribution in [0.25, 0.3) is 6.08 Å². The summed E-state index contributed by atoms with van der Waals surface area (Å²) in [4.78, 5) is 9.18. The quantitative estimate of drug-likeness (QED) is 0.267. The van der Waals surface area contributed by atoms with Crippen molar-refractivity contribution in [2.75, 3.05) is 0 Å². The van der Waals surface area contributed by atoms with Crippen molar-refractivity contribution < 1.29 is 26.9 Å². The van der Waals surface area contributed by atoms with E-state index in [1.807, 2.05) is 0 Å². The molecular formula is C9H4F5NO2. The van der Waals surface area contributed by atoms with Crippen LogP contribution in [0.1, 0.15) is 12.5 Å². The van der Waals surface area contributed by atoms with Crippen LogP contribution in [0.15, 0.2) is 5.70 Å². The van der Waals surface area contributed by atoms with Crippen LogP contribution in [0.3, 0.4) is 0 Å². The van der Waals surface area contributed by atoms with Crippen molar-refractivity contribution in [3.05, 3.63) is 50.5 Å². The molecule has 0 aromatic heterocycles. The first kappa shape index (κ1) is 13.1. The molecule has 0 saturated heterocycles. The molecule has 0 spiro atoms. The van der Waals surface area contributed by atoms with Crippen LogP contribution >= 0.6 is 0 Å². The molecule has 0 aliphatic carbocycles. The highest BCUT2D eigenvalue weighted by atomic mass is 19.2. The second kappa shape index (κ2) is 4.48. The van der Waals surface area contributed by atoms with Crippen LogP contribution in [-0.2, 0) is 0 Å². The van der Waals surface area contributed by atoms with E-state index < -0.39 is 45.3 Å². The fraction of sp³-hybridized carbons (Fsp3) is 0.111. The average molecular weight is 253 g/mol. The standard InChI is InChI=1S/C9H4F5NO2/c1-3(15(16)17)2-4-5(10)7(12)9(14)8(13)6(4)11/h2H,1H3. The molecule has 0 aliphatic heterocycles. The number of nitro groups is 1. The first-order valence-electron chi connectivity index (χ1n) is 4.11. The van der Waals surface area contributed by atoms with Gasteiger partial charge < -0.3 is 0 Å². The van der Waals surface area contributed by atoms with Crippen molar-refractivity contribution in [3.8, 4) is 0 Å². The molecule has 0 atom stereocenters. The van der Waals surface area contributed by atoms with Gasteiger partial charge in [-0.15, -0.1) is 0 Å². The second-order valence-corrected chi connectivity index (χ2v) is 3.03. The predicted molar refractivity (Wildman–Crippen MR) is 46.9 cm³/mol. The molecule has 0 bridgehead atoms. The number of allylic oxidation sites excluding steroid dienone is 1. The van der Waals surface area contributed by atoms with E-state index in [0.29, 0.717) is 0 Å². The molecule has 1 aromatic rings. The summed E-state index contributed by atoms with van der Waals surface area (Å²) in [7, 11) is 0. The minimum Gasteiger partial charge on any atom is -0.259 e. The summed E-state index contributed by atoms with van der Waals surface area (Å²) >= 11 is 0. The fourth-order valence-corrected chi connectivity index (χ4v) is 1.01. The maximum absolute atomic E-state index is 13.0. The fourth-order valence-electron chi connectivity index (χ4n) is 1.01. The summed E-state index contributed by atoms with van der Waals surface area (Å²) < 4.78 is 64.1. The number of halogens is 5. The number of hydrogen-bond acceptors (Lipinski definition) is 2. The Balaban J connectivity index is 3.56. The Morgan fingerprint density at radius 1 is 1.00 bits per heavy atom. The lowest BCUT2D eigenvalue weighted by molar-refractivity contribution is -0.422. The van der Waals surface area contributed by atoms with Gasteiger partial charge in [0.25, 0.3) is 0 Å². The Kier molecular flexibility index (Phi) is 3.45. The third-order valence-electron chi connectivity index (χ3n) is 1.88. The summed E-state index contributed by atoms with van der Waals surface area (Å²) in [6.07, 6.45) is 0.274. The largest absolute Gasteiger partial charge is 0.259 e. The van der Waals surface area contributed by atoms with Gasteiger partial charge in [0.15, 0.2) is 23.3 Å². The molecule has 17 heavy (non-hydrogen) atoms. The van der Waals surface area contributed by atoms with Crippen LogP contribution in [0.5, 0.6) is 0 Å². The Bertz CT molecular complexity index is 498. The smallest absolute Gasteiger partial charge is 0.244 e. The Labute approximate surface area is 91.3 Å². The van der Waals surface area contributed by atoms with E-state index in [2.05, 4.69) is 0 Å². The molecule has 92 valence electrons. The van der Waals surface area contributed by atoms with Gasteiger partial charge in [0.05, 0.1) is 10.5 Å². The van der Waals surface area contributed by atoms with E-state index in [-0.39, 0.29) is 6.08 Å². The lowest BCUT2D eigenvalue weighted by Gasteiger charge is -2.03. The van der Waals surface area contributed by atoms with Gasteiger partial charge in [0.2, 0.25) is 11.5 Å². The number of benzene rings is 1. The van der Waals surface area contributed by atoms with Crippen molar-refractivity contribution >= 4 is 6.08 Å². The lowest BCUT2D eigenvalue weighted by atomic mass is 10.1. The van der Waals surface area contributed by atoms with Gasteiger partial charge in [-0.05, 0) is 0 Å². The third-order valence-corrected chi connectivity index (χ3v) is 1.88. The Morgan fingerprint density at radius 3 is 1.71 bits per heavy atom. The maximum atomic E-state index is 13.0. The minimum atomic E-state index is -2.31. The van der Waals surface area contributed by atoms with Crippen LogP contribution < -0.4 is 0 Å². The molecule has 0 unspecified atom stereocenters. The monoisotopic (exact) mass is 253 g/mol. The maximum Gasteiger partial charge on any atom is 0.244 e. The molecule has 0 heterocycles. The van der Waals surface area contributed by atoms with Gasteiger partial charge in [-0.1, -0.05) is 0 Å². The highest BCUT2D eigenvalue weighted by Crippen LogP contribution is 2.24. The van der Waals surface area contributed by atoms with Gasteiger partial charge in [-0.2, -0.15) is 0 Å². The molecule has 0 N–H and O–H groups in total. The topological polar surface area (TPSA) is 43.1 Å². The summed E-state index contributed by atoms with van der Waals surface area (Å²) in [6.45, 7) is 0.859. The number of nitrogens with zero attached hydrogens (tertiary/aromatic N) is 1. The zero-order valence-electron chi connectivity index (χ0n) is 8.23. The van der Waals surface area contributed by atoms with Gasteiger partial charge in [-0.25, -0.2) is 22.0 Å². The first-order chi connectivity index (χ1) is 7.77. The van der Waals surface area contributed by atoms with E-state index in [9.17, 15) is 32.1 Å². The molecule has 3 nitrogen and oxygen atoms in total. The normalized spacial score (nSPS) is 11.8. The van der Waals surface area contributed by atoms with Crippen LogP contribution in [-0.4, -0.2) is 4.92 Å². The Morgan fingerprint density at radius 2 is 1.35 bits per heavy atom. The molecule has 1 rings (SSSR count). The average Bonchev–Trinajstić information content (AvgIpc) is 2.29. The molecule has 0 fully saturated rings. The summed E-state index contributed by atoms with van der Waals surface area (Å²) in [6, 6.07) is 0. The Hall–Kier alpha value is -1.99. The number of hydrogen-bond donors (Lipinski definition) is 0. The van der Waals surface area contributed by atoms with Crippen LogP contribution in [0.4, 0.5) is 22.0 Å². The van der Waals surface area contributed by atoms with E-state index >= 15 is 0 Å². The van der Waals surface area contributed by atoms with Gasteiger partial charge in [0, 0.05) is 13.0 Å². The molecule has 0 radical (unpaired) electrons. The van der Waals surface area contributed by atoms with E-state index in [1.165, 1.54) is 0 Å². The minimum absolute atomic E-state index is 0.274. The molecular weight excluding hydrogens is 249 g/mol. The molecule has 0 aliphatic rings. The summed E-state index contributed by atoms with van der Waals surface area (Å²) in [5.41, 5.74) is -2.09. The van der Waals surface area contributed by atoms with E-state index in [1.54, 1.807) is 0 Å². The van der Waals surface area contributed by atoms with Gasteiger partial charge in [0.1, 0.15) is 0 Å². The molecule has 0 amide bonds. The van der Waals surface area contributed by atoms with Gasteiger partial charge in [-0.3, -0.25) is 10.1 Å². The molecule has 1 aromatic carbocycles. The van der Waals surface area contributed by atoms with Crippen molar-refractivity contribution in [1.82, 2.24) is 0 Å². The summed E-state index contributed by atoms with van der Waals surface area (Å²) in [5, 5.41) is 10.2. The van der Waals surface area contributed by atoms with Crippen LogP contribution in [0, 0.1) is 39.2 Å². The van der Waals surface area contributed by atoms with Crippen molar-refractivity contribution in [2.45, 2.75) is 6.92 Å². The van der Waals surface area contributed by atoms with Crippen molar-refractivity contribution in [1.29, 1.82) is 0 Å². The summed E-state index contributed by atoms with van der Waals surface area (Å²) in [5.74, 6) is -10.8.